The van der Waals surface area contributed by atoms with E-state index in [4.69, 9.17) is 44.3 Å². The van der Waals surface area contributed by atoms with Gasteiger partial charge in [-0.1, -0.05) is 60.7 Å². The molecule has 11 nitrogen and oxygen atoms in total. The largest absolute Gasteiger partial charge is 0.473 e. The number of benzene rings is 2. The normalized spacial score (nSPS) is 13.3. The molecule has 2 aromatic carbocycles. The van der Waals surface area contributed by atoms with Crippen molar-refractivity contribution in [3.05, 3.63) is 71.8 Å². The summed E-state index contributed by atoms with van der Waals surface area (Å²) in [6.45, 7) is 6.51. The second kappa shape index (κ2) is 20.2. The molecule has 1 saturated heterocycles. The Bertz CT molecular complexity index is 963. The molecule has 4 N–H and O–H groups in total. The van der Waals surface area contributed by atoms with Gasteiger partial charge in [-0.3, -0.25) is 4.90 Å². The predicted octanol–water partition coefficient (Wildman–Crippen LogP) is 3.28. The van der Waals surface area contributed by atoms with Crippen molar-refractivity contribution in [2.24, 2.45) is 0 Å². The zero-order chi connectivity index (χ0) is 29.8. The fraction of sp³-hybridized carbons (Fsp3) is 0.448. The number of hydrogen-bond donors (Lipinski definition) is 4. The van der Waals surface area contributed by atoms with Crippen molar-refractivity contribution < 1.29 is 44.3 Å². The molecule has 1 heterocycles. The molecule has 0 radical (unpaired) electrons. The van der Waals surface area contributed by atoms with Crippen LogP contribution in [0.5, 0.6) is 0 Å². The highest BCUT2D eigenvalue weighted by Crippen LogP contribution is 2.17. The van der Waals surface area contributed by atoms with Crippen LogP contribution in [0.25, 0.3) is 0 Å². The third kappa shape index (κ3) is 16.9. The molecular weight excluding hydrogens is 520 g/mol. The lowest BCUT2D eigenvalue weighted by Gasteiger charge is -2.32. The van der Waals surface area contributed by atoms with Crippen LogP contribution in [-0.2, 0) is 37.0 Å². The van der Waals surface area contributed by atoms with Gasteiger partial charge in [0.05, 0.1) is 6.10 Å². The zero-order valence-corrected chi connectivity index (χ0v) is 22.9. The van der Waals surface area contributed by atoms with E-state index in [-0.39, 0.29) is 0 Å². The van der Waals surface area contributed by atoms with Crippen LogP contribution in [0.4, 0.5) is 0 Å². The number of rotatable bonds is 11. The summed E-state index contributed by atoms with van der Waals surface area (Å²) in [5.74, 6) is -7.30. The van der Waals surface area contributed by atoms with Crippen molar-refractivity contribution in [1.82, 2.24) is 9.80 Å². The number of nitrogens with zero attached hydrogens (tertiary/aromatic N) is 2. The van der Waals surface area contributed by atoms with Crippen molar-refractivity contribution >= 4 is 23.9 Å². The molecule has 0 spiro atoms. The maximum absolute atomic E-state index is 9.10. The molecule has 0 amide bonds. The van der Waals surface area contributed by atoms with Gasteiger partial charge in [0.15, 0.2) is 0 Å². The van der Waals surface area contributed by atoms with Crippen molar-refractivity contribution in [1.29, 1.82) is 0 Å². The molecule has 2 aromatic rings. The summed E-state index contributed by atoms with van der Waals surface area (Å²) < 4.78 is 6.14. The summed E-state index contributed by atoms with van der Waals surface area (Å²) in [4.78, 5) is 41.4. The van der Waals surface area contributed by atoms with Crippen molar-refractivity contribution in [3.63, 3.8) is 0 Å². The van der Waals surface area contributed by atoms with Crippen LogP contribution in [-0.4, -0.2) is 93.5 Å². The number of ether oxygens (including phenoxy) is 1. The first-order valence-corrected chi connectivity index (χ1v) is 13.1. The predicted molar refractivity (Wildman–Crippen MR) is 148 cm³/mol. The van der Waals surface area contributed by atoms with E-state index in [0.29, 0.717) is 6.10 Å². The van der Waals surface area contributed by atoms with Crippen LogP contribution in [0.1, 0.15) is 43.2 Å². The second-order valence-electron chi connectivity index (χ2n) is 9.34. The maximum atomic E-state index is 9.10. The Balaban J connectivity index is 0.000000559. The van der Waals surface area contributed by atoms with Gasteiger partial charge >= 0.3 is 23.9 Å². The Hall–Kier alpha value is -3.80. The van der Waals surface area contributed by atoms with Crippen LogP contribution in [0.15, 0.2) is 60.7 Å². The molecule has 1 fully saturated rings. The summed E-state index contributed by atoms with van der Waals surface area (Å²) in [7, 11) is 2.22. The second-order valence-corrected chi connectivity index (χ2v) is 9.34. The van der Waals surface area contributed by atoms with Gasteiger partial charge in [0, 0.05) is 32.8 Å². The van der Waals surface area contributed by atoms with Crippen molar-refractivity contribution in [2.75, 3.05) is 33.3 Å². The molecule has 0 unspecified atom stereocenters. The smallest absolute Gasteiger partial charge is 0.414 e. The van der Waals surface area contributed by atoms with Crippen molar-refractivity contribution in [3.8, 4) is 0 Å². The molecule has 0 aromatic heterocycles. The first-order valence-electron chi connectivity index (χ1n) is 13.1. The van der Waals surface area contributed by atoms with E-state index in [1.54, 1.807) is 0 Å². The quantitative estimate of drug-likeness (QED) is 0.235. The highest BCUT2D eigenvalue weighted by Gasteiger charge is 2.19. The molecule has 0 saturated carbocycles. The van der Waals surface area contributed by atoms with Crippen LogP contribution < -0.4 is 0 Å². The molecule has 1 aliphatic heterocycles. The van der Waals surface area contributed by atoms with Gasteiger partial charge in [-0.15, -0.1) is 0 Å². The summed E-state index contributed by atoms with van der Waals surface area (Å²) in [5, 5.41) is 29.6. The van der Waals surface area contributed by atoms with Gasteiger partial charge < -0.3 is 30.1 Å². The fourth-order valence-corrected chi connectivity index (χ4v) is 3.96. The monoisotopic (exact) mass is 560 g/mol. The average molecular weight is 561 g/mol. The first kappa shape index (κ1) is 34.2. The molecular formula is C29H40N2O9. The van der Waals surface area contributed by atoms with Crippen LogP contribution in [0.2, 0.25) is 0 Å². The maximum Gasteiger partial charge on any atom is 0.414 e. The minimum absolute atomic E-state index is 0.466. The average Bonchev–Trinajstić information content (AvgIpc) is 2.93. The molecule has 40 heavy (non-hydrogen) atoms. The Morgan fingerprint density at radius 1 is 0.750 bits per heavy atom. The number of piperidine rings is 1. The SMILES string of the molecule is CN(CCCCCOC1CCN(Cc2ccccc2)CC1)Cc1ccccc1.O=C(O)C(=O)O.O=C(O)C(=O)O. The number of likely N-dealkylation sites (tertiary alicyclic amines) is 1. The van der Waals surface area contributed by atoms with Gasteiger partial charge in [0.25, 0.3) is 0 Å². The van der Waals surface area contributed by atoms with E-state index < -0.39 is 23.9 Å². The fourth-order valence-electron chi connectivity index (χ4n) is 3.96. The number of carboxylic acid groups (broad SMARTS) is 4. The van der Waals surface area contributed by atoms with E-state index in [2.05, 4.69) is 77.5 Å². The van der Waals surface area contributed by atoms with Gasteiger partial charge in [-0.2, -0.15) is 0 Å². The lowest BCUT2D eigenvalue weighted by atomic mass is 10.1. The third-order valence-electron chi connectivity index (χ3n) is 5.98. The minimum Gasteiger partial charge on any atom is -0.473 e. The number of unbranched alkanes of at least 4 members (excludes halogenated alkanes) is 2. The van der Waals surface area contributed by atoms with E-state index in [1.165, 1.54) is 43.2 Å². The van der Waals surface area contributed by atoms with Gasteiger partial charge in [-0.25, -0.2) is 19.2 Å². The Morgan fingerprint density at radius 3 is 1.70 bits per heavy atom. The minimum atomic E-state index is -1.82. The van der Waals surface area contributed by atoms with Crippen LogP contribution >= 0.6 is 0 Å². The Labute approximate surface area is 234 Å². The first-order chi connectivity index (χ1) is 19.1. The van der Waals surface area contributed by atoms with Gasteiger partial charge in [0.1, 0.15) is 0 Å². The highest BCUT2D eigenvalue weighted by molar-refractivity contribution is 6.27. The lowest BCUT2D eigenvalue weighted by Crippen LogP contribution is -2.36. The number of hydrogen-bond acceptors (Lipinski definition) is 7. The molecule has 220 valence electrons. The Kier molecular flexibility index (Phi) is 17.2. The van der Waals surface area contributed by atoms with E-state index in [9.17, 15) is 0 Å². The summed E-state index contributed by atoms with van der Waals surface area (Å²) >= 11 is 0. The number of carbonyl (C=O) groups is 4. The molecule has 0 bridgehead atoms. The van der Waals surface area contributed by atoms with E-state index >= 15 is 0 Å². The molecule has 0 atom stereocenters. The zero-order valence-electron chi connectivity index (χ0n) is 22.9. The number of carboxylic acids is 4. The molecule has 0 aliphatic carbocycles. The molecule has 3 rings (SSSR count). The third-order valence-corrected chi connectivity index (χ3v) is 5.98. The van der Waals surface area contributed by atoms with E-state index in [0.717, 1.165) is 39.3 Å². The van der Waals surface area contributed by atoms with Crippen molar-refractivity contribution in [2.45, 2.75) is 51.3 Å². The van der Waals surface area contributed by atoms with Gasteiger partial charge in [0.2, 0.25) is 0 Å². The standard InChI is InChI=1S/C25H36N2O.2C2H2O4/c1-26(21-23-11-5-2-6-12-23)17-9-4-10-20-28-25-15-18-27(19-16-25)22-24-13-7-3-8-14-24;2*3-1(4)2(5)6/h2-3,5-8,11-14,25H,4,9-10,15-22H2,1H3;2*(H,3,4)(H,5,6). The summed E-state index contributed by atoms with van der Waals surface area (Å²) in [6.07, 6.45) is 6.50. The summed E-state index contributed by atoms with van der Waals surface area (Å²) in [6, 6.07) is 21.5. The van der Waals surface area contributed by atoms with Crippen LogP contribution in [0, 0.1) is 0 Å². The Morgan fingerprint density at radius 2 is 1.23 bits per heavy atom. The summed E-state index contributed by atoms with van der Waals surface area (Å²) in [5.41, 5.74) is 2.81. The highest BCUT2D eigenvalue weighted by atomic mass is 16.5. The van der Waals surface area contributed by atoms with E-state index in [1.807, 2.05) is 0 Å². The molecule has 1 aliphatic rings. The topological polar surface area (TPSA) is 165 Å². The van der Waals surface area contributed by atoms with Gasteiger partial charge in [-0.05, 0) is 56.8 Å². The molecule has 11 heteroatoms. The number of aliphatic carboxylic acids is 4. The van der Waals surface area contributed by atoms with Crippen LogP contribution in [0.3, 0.4) is 0 Å². The lowest BCUT2D eigenvalue weighted by molar-refractivity contribution is -0.159.